The van der Waals surface area contributed by atoms with Crippen LogP contribution in [-0.4, -0.2) is 36.0 Å². The van der Waals surface area contributed by atoms with Crippen LogP contribution < -0.4 is 11.1 Å². The molecule has 4 unspecified atom stereocenters. The Kier molecular flexibility index (Phi) is 3.76. The molecule has 108 valence electrons. The van der Waals surface area contributed by atoms with E-state index in [-0.39, 0.29) is 11.9 Å². The highest BCUT2D eigenvalue weighted by molar-refractivity contribution is 5.94. The van der Waals surface area contributed by atoms with Gasteiger partial charge in [-0.05, 0) is 43.7 Å². The summed E-state index contributed by atoms with van der Waals surface area (Å²) in [6.45, 7) is 3.97. The van der Waals surface area contributed by atoms with E-state index >= 15 is 0 Å². The predicted octanol–water partition coefficient (Wildman–Crippen LogP) is 1.68. The fourth-order valence-corrected chi connectivity index (χ4v) is 3.59. The molecule has 1 aromatic rings. The van der Waals surface area contributed by atoms with Crippen molar-refractivity contribution in [2.45, 2.75) is 31.8 Å². The molecule has 2 fully saturated rings. The second kappa shape index (κ2) is 5.54. The molecule has 0 bridgehead atoms. The zero-order chi connectivity index (χ0) is 14.1. The smallest absolute Gasteiger partial charge is 0.241 e. The number of likely N-dealkylation sites (tertiary alicyclic amines) is 1. The summed E-state index contributed by atoms with van der Waals surface area (Å²) in [5.41, 5.74) is 7.02. The summed E-state index contributed by atoms with van der Waals surface area (Å²) in [7, 11) is 0. The number of amides is 1. The molecule has 4 heteroatoms. The van der Waals surface area contributed by atoms with E-state index in [0.717, 1.165) is 25.2 Å². The second-order valence-corrected chi connectivity index (χ2v) is 6.15. The number of carbonyl (C=O) groups excluding carboxylic acids is 1. The fourth-order valence-electron chi connectivity index (χ4n) is 3.59. The van der Waals surface area contributed by atoms with Gasteiger partial charge in [0.15, 0.2) is 0 Å². The number of nitrogens with zero attached hydrogens (tertiary/aromatic N) is 1. The van der Waals surface area contributed by atoms with Crippen LogP contribution in [0, 0.1) is 11.8 Å². The van der Waals surface area contributed by atoms with Crippen LogP contribution >= 0.6 is 0 Å². The number of benzene rings is 1. The van der Waals surface area contributed by atoms with Crippen molar-refractivity contribution in [3.05, 3.63) is 30.3 Å². The Morgan fingerprint density at radius 2 is 2.05 bits per heavy atom. The second-order valence-electron chi connectivity index (χ2n) is 6.15. The number of fused-ring (bicyclic) bond motifs is 1. The molecule has 1 saturated heterocycles. The summed E-state index contributed by atoms with van der Waals surface area (Å²) in [5.74, 6) is 1.35. The van der Waals surface area contributed by atoms with Gasteiger partial charge in [0.1, 0.15) is 0 Å². The molecule has 3 rings (SSSR count). The van der Waals surface area contributed by atoms with Gasteiger partial charge in [0.2, 0.25) is 5.91 Å². The lowest BCUT2D eigenvalue weighted by molar-refractivity contribution is -0.120. The molecule has 1 aliphatic heterocycles. The van der Waals surface area contributed by atoms with Crippen molar-refractivity contribution in [1.29, 1.82) is 0 Å². The number of nitrogens with one attached hydrogen (secondary N) is 1. The molecule has 0 aromatic heterocycles. The third kappa shape index (κ3) is 2.58. The minimum absolute atomic E-state index is 0.0738. The van der Waals surface area contributed by atoms with Gasteiger partial charge < -0.3 is 11.1 Å². The van der Waals surface area contributed by atoms with E-state index in [1.807, 2.05) is 37.3 Å². The first-order valence-corrected chi connectivity index (χ1v) is 7.50. The van der Waals surface area contributed by atoms with Gasteiger partial charge in [0.05, 0.1) is 6.04 Å². The number of nitrogens with two attached hydrogens (primary N) is 1. The normalized spacial score (nSPS) is 31.0. The number of hydrogen-bond donors (Lipinski definition) is 2. The molecule has 4 nitrogen and oxygen atoms in total. The molecule has 20 heavy (non-hydrogen) atoms. The van der Waals surface area contributed by atoms with Gasteiger partial charge >= 0.3 is 0 Å². The Bertz CT molecular complexity index is 476. The van der Waals surface area contributed by atoms with Gasteiger partial charge in [-0.15, -0.1) is 0 Å². The van der Waals surface area contributed by atoms with E-state index in [4.69, 9.17) is 5.73 Å². The quantitative estimate of drug-likeness (QED) is 0.881. The van der Waals surface area contributed by atoms with E-state index in [1.165, 1.54) is 6.42 Å². The molecule has 3 N–H and O–H groups in total. The van der Waals surface area contributed by atoms with Gasteiger partial charge in [-0.3, -0.25) is 9.69 Å². The molecule has 0 radical (unpaired) electrons. The SMILES string of the molecule is CC(C(=O)Nc1ccccc1)N1CC2CCC(N)C2C1. The molecule has 4 atom stereocenters. The van der Waals surface area contributed by atoms with Crippen LogP contribution in [0.3, 0.4) is 0 Å². The summed E-state index contributed by atoms with van der Waals surface area (Å²) in [5, 5.41) is 2.98. The third-order valence-corrected chi connectivity index (χ3v) is 4.91. The van der Waals surface area contributed by atoms with Gasteiger partial charge in [-0.2, -0.15) is 0 Å². The van der Waals surface area contributed by atoms with Crippen molar-refractivity contribution < 1.29 is 4.79 Å². The highest BCUT2D eigenvalue weighted by Gasteiger charge is 2.43. The van der Waals surface area contributed by atoms with Crippen LogP contribution in [0.25, 0.3) is 0 Å². The highest BCUT2D eigenvalue weighted by atomic mass is 16.2. The first kappa shape index (κ1) is 13.6. The Morgan fingerprint density at radius 1 is 1.30 bits per heavy atom. The monoisotopic (exact) mass is 273 g/mol. The topological polar surface area (TPSA) is 58.4 Å². The van der Waals surface area contributed by atoms with E-state index in [1.54, 1.807) is 0 Å². The van der Waals surface area contributed by atoms with Crippen LogP contribution in [0.15, 0.2) is 30.3 Å². The summed E-state index contributed by atoms with van der Waals surface area (Å²) < 4.78 is 0. The Hall–Kier alpha value is -1.39. The Morgan fingerprint density at radius 3 is 2.75 bits per heavy atom. The Labute approximate surface area is 120 Å². The predicted molar refractivity (Wildman–Crippen MR) is 80.3 cm³/mol. The van der Waals surface area contributed by atoms with E-state index in [9.17, 15) is 4.79 Å². The first-order valence-electron chi connectivity index (χ1n) is 7.50. The maximum Gasteiger partial charge on any atom is 0.241 e. The maximum absolute atomic E-state index is 12.3. The fraction of sp³-hybridized carbons (Fsp3) is 0.562. The highest BCUT2D eigenvalue weighted by Crippen LogP contribution is 2.37. The molecule has 1 saturated carbocycles. The van der Waals surface area contributed by atoms with Crippen molar-refractivity contribution in [2.75, 3.05) is 18.4 Å². The number of carbonyl (C=O) groups is 1. The van der Waals surface area contributed by atoms with E-state index < -0.39 is 0 Å². The van der Waals surface area contributed by atoms with Crippen molar-refractivity contribution >= 4 is 11.6 Å². The standard InChI is InChI=1S/C16H23N3O/c1-11(16(20)18-13-5-3-2-4-6-13)19-9-12-7-8-15(17)14(12)10-19/h2-6,11-12,14-15H,7-10,17H2,1H3,(H,18,20). The minimum Gasteiger partial charge on any atom is -0.327 e. The van der Waals surface area contributed by atoms with Crippen LogP contribution in [-0.2, 0) is 4.79 Å². The molecule has 1 amide bonds. The summed E-state index contributed by atoms with van der Waals surface area (Å²) in [4.78, 5) is 14.6. The van der Waals surface area contributed by atoms with Gasteiger partial charge in [-0.25, -0.2) is 0 Å². The molecular formula is C16H23N3O. The molecular weight excluding hydrogens is 250 g/mol. The number of rotatable bonds is 3. The lowest BCUT2D eigenvalue weighted by atomic mass is 9.98. The van der Waals surface area contributed by atoms with Crippen molar-refractivity contribution in [3.63, 3.8) is 0 Å². The van der Waals surface area contributed by atoms with E-state index in [0.29, 0.717) is 17.9 Å². The maximum atomic E-state index is 12.3. The van der Waals surface area contributed by atoms with Gasteiger partial charge in [0, 0.05) is 24.8 Å². The average molecular weight is 273 g/mol. The lowest BCUT2D eigenvalue weighted by Crippen LogP contribution is -2.42. The van der Waals surface area contributed by atoms with Crippen molar-refractivity contribution in [1.82, 2.24) is 4.90 Å². The van der Waals surface area contributed by atoms with Crippen molar-refractivity contribution in [2.24, 2.45) is 17.6 Å². The van der Waals surface area contributed by atoms with Crippen LogP contribution in [0.2, 0.25) is 0 Å². The first-order chi connectivity index (χ1) is 9.65. The molecule has 1 aromatic carbocycles. The number of anilines is 1. The largest absolute Gasteiger partial charge is 0.327 e. The molecule has 0 spiro atoms. The molecule has 1 aliphatic carbocycles. The summed E-state index contributed by atoms with van der Waals surface area (Å²) in [6, 6.07) is 9.88. The zero-order valence-corrected chi connectivity index (χ0v) is 12.0. The zero-order valence-electron chi connectivity index (χ0n) is 12.0. The number of hydrogen-bond acceptors (Lipinski definition) is 3. The minimum atomic E-state index is -0.0898. The van der Waals surface area contributed by atoms with Crippen LogP contribution in [0.4, 0.5) is 5.69 Å². The number of para-hydroxylation sites is 1. The van der Waals surface area contributed by atoms with Crippen LogP contribution in [0.5, 0.6) is 0 Å². The average Bonchev–Trinajstić information content (AvgIpc) is 3.02. The Balaban J connectivity index is 1.59. The molecule has 1 heterocycles. The van der Waals surface area contributed by atoms with Gasteiger partial charge in [0.25, 0.3) is 0 Å². The molecule has 2 aliphatic rings. The third-order valence-electron chi connectivity index (χ3n) is 4.91. The van der Waals surface area contributed by atoms with Crippen molar-refractivity contribution in [3.8, 4) is 0 Å². The van der Waals surface area contributed by atoms with E-state index in [2.05, 4.69) is 10.2 Å². The van der Waals surface area contributed by atoms with Crippen LogP contribution in [0.1, 0.15) is 19.8 Å². The summed E-state index contributed by atoms with van der Waals surface area (Å²) in [6.07, 6.45) is 2.36. The lowest BCUT2D eigenvalue weighted by Gasteiger charge is -2.24. The summed E-state index contributed by atoms with van der Waals surface area (Å²) >= 11 is 0. The van der Waals surface area contributed by atoms with Gasteiger partial charge in [-0.1, -0.05) is 18.2 Å².